The highest BCUT2D eigenvalue weighted by atomic mass is 35.5. The van der Waals surface area contributed by atoms with Crippen LogP contribution in [0.5, 0.6) is 0 Å². The lowest BCUT2D eigenvalue weighted by Crippen LogP contribution is -1.94. The molecule has 2 rings (SSSR count). The van der Waals surface area contributed by atoms with Gasteiger partial charge in [0.25, 0.3) is 0 Å². The van der Waals surface area contributed by atoms with Crippen LogP contribution in [-0.4, -0.2) is 4.21 Å². The Morgan fingerprint density at radius 3 is 2.15 bits per heavy atom. The van der Waals surface area contributed by atoms with Gasteiger partial charge in [-0.15, -0.1) is 23.4 Å². The maximum absolute atomic E-state index is 6.44. The van der Waals surface area contributed by atoms with Crippen molar-refractivity contribution in [2.24, 2.45) is 11.8 Å². The van der Waals surface area contributed by atoms with E-state index < -0.39 is 0 Å². The second-order valence-corrected chi connectivity index (χ2v) is 5.89. The van der Waals surface area contributed by atoms with E-state index in [1.807, 2.05) is 6.07 Å². The monoisotopic (exact) mass is 212 g/mol. The van der Waals surface area contributed by atoms with E-state index in [0.717, 1.165) is 0 Å². The largest absolute Gasteiger partial charge is 0.106 e. The minimum absolute atomic E-state index is 0.0403. The summed E-state index contributed by atoms with van der Waals surface area (Å²) in [6.45, 7) is 4.43. The SMILES string of the molecule is CC1C(C)C1(Cl)Sc1ccccc1. The van der Waals surface area contributed by atoms with Gasteiger partial charge in [0.15, 0.2) is 0 Å². The van der Waals surface area contributed by atoms with Crippen molar-refractivity contribution < 1.29 is 0 Å². The standard InChI is InChI=1S/C11H13ClS/c1-8-9(2)11(8,12)13-10-6-4-3-5-7-10/h3-9H,1-2H3. The molecule has 1 aliphatic rings. The topological polar surface area (TPSA) is 0 Å². The molecule has 0 N–H and O–H groups in total. The third-order valence-corrected chi connectivity index (χ3v) is 5.38. The van der Waals surface area contributed by atoms with Crippen LogP contribution in [0.15, 0.2) is 35.2 Å². The highest BCUT2D eigenvalue weighted by Gasteiger charge is 2.58. The van der Waals surface area contributed by atoms with Crippen molar-refractivity contribution in [3.63, 3.8) is 0 Å². The number of halogens is 1. The zero-order valence-electron chi connectivity index (χ0n) is 7.83. The zero-order chi connectivity index (χ0) is 9.47. The first kappa shape index (κ1) is 9.42. The molecule has 1 aromatic rings. The average Bonchev–Trinajstić information content (AvgIpc) is 2.58. The van der Waals surface area contributed by atoms with Gasteiger partial charge in [0.2, 0.25) is 0 Å². The smallest absolute Gasteiger partial charge is 0.1000 e. The predicted molar refractivity (Wildman–Crippen MR) is 59.2 cm³/mol. The second-order valence-electron chi connectivity index (χ2n) is 3.69. The first-order chi connectivity index (χ1) is 6.14. The molecule has 0 bridgehead atoms. The van der Waals surface area contributed by atoms with Crippen LogP contribution >= 0.6 is 23.4 Å². The van der Waals surface area contributed by atoms with Crippen LogP contribution in [0.25, 0.3) is 0 Å². The number of hydrogen-bond donors (Lipinski definition) is 0. The van der Waals surface area contributed by atoms with Crippen molar-refractivity contribution in [3.8, 4) is 0 Å². The van der Waals surface area contributed by atoms with Gasteiger partial charge in [0, 0.05) is 4.90 Å². The maximum Gasteiger partial charge on any atom is 0.1000 e. The van der Waals surface area contributed by atoms with Gasteiger partial charge >= 0.3 is 0 Å². The molecule has 0 aromatic heterocycles. The van der Waals surface area contributed by atoms with Crippen LogP contribution in [0.2, 0.25) is 0 Å². The molecule has 70 valence electrons. The zero-order valence-corrected chi connectivity index (χ0v) is 9.40. The maximum atomic E-state index is 6.44. The molecule has 1 aliphatic carbocycles. The summed E-state index contributed by atoms with van der Waals surface area (Å²) < 4.78 is -0.0403. The molecule has 0 nitrogen and oxygen atoms in total. The summed E-state index contributed by atoms with van der Waals surface area (Å²) in [5.74, 6) is 1.25. The summed E-state index contributed by atoms with van der Waals surface area (Å²) in [6.07, 6.45) is 0. The Balaban J connectivity index is 2.08. The van der Waals surface area contributed by atoms with Crippen molar-refractivity contribution in [2.45, 2.75) is 22.9 Å². The van der Waals surface area contributed by atoms with Crippen LogP contribution in [0.1, 0.15) is 13.8 Å². The number of thioether (sulfide) groups is 1. The summed E-state index contributed by atoms with van der Waals surface area (Å²) in [6, 6.07) is 10.4. The summed E-state index contributed by atoms with van der Waals surface area (Å²) >= 11 is 8.24. The van der Waals surface area contributed by atoms with Gasteiger partial charge in [0.05, 0.1) is 4.21 Å². The third-order valence-electron chi connectivity index (χ3n) is 2.90. The Labute approximate surface area is 88.7 Å². The van der Waals surface area contributed by atoms with E-state index >= 15 is 0 Å². The molecule has 13 heavy (non-hydrogen) atoms. The normalized spacial score (nSPS) is 37.5. The molecule has 2 heteroatoms. The molecule has 1 saturated carbocycles. The van der Waals surface area contributed by atoms with Crippen molar-refractivity contribution in [1.29, 1.82) is 0 Å². The van der Waals surface area contributed by atoms with E-state index in [1.165, 1.54) is 4.90 Å². The highest BCUT2D eigenvalue weighted by Crippen LogP contribution is 2.64. The second kappa shape index (κ2) is 3.21. The van der Waals surface area contributed by atoms with Gasteiger partial charge in [-0.3, -0.25) is 0 Å². The van der Waals surface area contributed by atoms with E-state index in [4.69, 9.17) is 11.6 Å². The molecule has 0 saturated heterocycles. The van der Waals surface area contributed by atoms with Crippen molar-refractivity contribution in [3.05, 3.63) is 30.3 Å². The lowest BCUT2D eigenvalue weighted by atomic mass is 10.4. The number of alkyl halides is 1. The Bertz CT molecular complexity index is 288. The Hall–Kier alpha value is -0.140. The van der Waals surface area contributed by atoms with Crippen LogP contribution in [0, 0.1) is 11.8 Å². The molecule has 0 heterocycles. The van der Waals surface area contributed by atoms with Crippen LogP contribution in [0.3, 0.4) is 0 Å². The van der Waals surface area contributed by atoms with E-state index in [2.05, 4.69) is 38.1 Å². The summed E-state index contributed by atoms with van der Waals surface area (Å²) in [4.78, 5) is 1.27. The van der Waals surface area contributed by atoms with Crippen molar-refractivity contribution in [2.75, 3.05) is 0 Å². The van der Waals surface area contributed by atoms with Gasteiger partial charge < -0.3 is 0 Å². The van der Waals surface area contributed by atoms with E-state index in [-0.39, 0.29) is 4.21 Å². The van der Waals surface area contributed by atoms with Gasteiger partial charge in [-0.05, 0) is 24.0 Å². The molecule has 0 spiro atoms. The van der Waals surface area contributed by atoms with Crippen LogP contribution in [-0.2, 0) is 0 Å². The quantitative estimate of drug-likeness (QED) is 0.668. The fourth-order valence-electron chi connectivity index (χ4n) is 1.54. The molecule has 0 aliphatic heterocycles. The molecular weight excluding hydrogens is 200 g/mol. The first-order valence-corrected chi connectivity index (χ1v) is 5.77. The first-order valence-electron chi connectivity index (χ1n) is 4.57. The number of hydrogen-bond acceptors (Lipinski definition) is 1. The van der Waals surface area contributed by atoms with Crippen molar-refractivity contribution in [1.82, 2.24) is 0 Å². The molecule has 0 radical (unpaired) electrons. The van der Waals surface area contributed by atoms with Crippen LogP contribution < -0.4 is 0 Å². The Kier molecular flexibility index (Phi) is 2.33. The molecule has 1 fully saturated rings. The third kappa shape index (κ3) is 1.60. The fraction of sp³-hybridized carbons (Fsp3) is 0.455. The molecule has 2 atom stereocenters. The van der Waals surface area contributed by atoms with Gasteiger partial charge in [-0.25, -0.2) is 0 Å². The molecule has 1 aromatic carbocycles. The van der Waals surface area contributed by atoms with Crippen LogP contribution in [0.4, 0.5) is 0 Å². The van der Waals surface area contributed by atoms with E-state index in [9.17, 15) is 0 Å². The molecular formula is C11H13ClS. The number of rotatable bonds is 2. The average molecular weight is 213 g/mol. The predicted octanol–water partition coefficient (Wildman–Crippen LogP) is 4.00. The lowest BCUT2D eigenvalue weighted by Gasteiger charge is -2.07. The van der Waals surface area contributed by atoms with E-state index in [0.29, 0.717) is 11.8 Å². The van der Waals surface area contributed by atoms with Crippen molar-refractivity contribution >= 4 is 23.4 Å². The fourth-order valence-corrected chi connectivity index (χ4v) is 3.49. The Morgan fingerprint density at radius 2 is 1.69 bits per heavy atom. The minimum atomic E-state index is -0.0403. The summed E-state index contributed by atoms with van der Waals surface area (Å²) in [5.41, 5.74) is 0. The van der Waals surface area contributed by atoms with E-state index in [1.54, 1.807) is 11.8 Å². The van der Waals surface area contributed by atoms with Gasteiger partial charge in [0.1, 0.15) is 0 Å². The molecule has 2 unspecified atom stereocenters. The number of benzene rings is 1. The minimum Gasteiger partial charge on any atom is -0.106 e. The molecule has 0 amide bonds. The van der Waals surface area contributed by atoms with Gasteiger partial charge in [-0.2, -0.15) is 0 Å². The summed E-state index contributed by atoms with van der Waals surface area (Å²) in [5, 5.41) is 0. The highest BCUT2D eigenvalue weighted by molar-refractivity contribution is 8.02. The van der Waals surface area contributed by atoms with Gasteiger partial charge in [-0.1, -0.05) is 32.0 Å². The lowest BCUT2D eigenvalue weighted by molar-refractivity contribution is 0.834. The Morgan fingerprint density at radius 1 is 1.15 bits per heavy atom. The summed E-state index contributed by atoms with van der Waals surface area (Å²) in [7, 11) is 0.